The maximum Gasteiger partial charge on any atom is 0.338 e. The number of carbonyl (C=O) groups excluding carboxylic acids is 1. The topological polar surface area (TPSA) is 55.3 Å². The second-order valence-corrected chi connectivity index (χ2v) is 8.30. The van der Waals surface area contributed by atoms with E-state index in [1.165, 1.54) is 12.7 Å². The minimum atomic E-state index is -0.305. The summed E-state index contributed by atoms with van der Waals surface area (Å²) in [5, 5.41) is 0. The van der Waals surface area contributed by atoms with Gasteiger partial charge in [-0.15, -0.1) is 0 Å². The van der Waals surface area contributed by atoms with Crippen LogP contribution >= 0.6 is 0 Å². The van der Waals surface area contributed by atoms with Gasteiger partial charge in [0.25, 0.3) is 0 Å². The van der Waals surface area contributed by atoms with Crippen LogP contribution in [0.5, 0.6) is 0 Å². The molecule has 5 nitrogen and oxygen atoms in total. The molecule has 0 N–H and O–H groups in total. The van der Waals surface area contributed by atoms with Crippen LogP contribution in [-0.4, -0.2) is 27.9 Å². The number of piperidine rings is 1. The molecular formula is C26H29N3O2. The van der Waals surface area contributed by atoms with Gasteiger partial charge in [-0.1, -0.05) is 37.3 Å². The molecule has 0 bridgehead atoms. The van der Waals surface area contributed by atoms with Crippen molar-refractivity contribution in [2.24, 2.45) is 5.92 Å². The summed E-state index contributed by atoms with van der Waals surface area (Å²) in [7, 11) is 1.43. The highest BCUT2D eigenvalue weighted by molar-refractivity contribution is 5.90. The van der Waals surface area contributed by atoms with Crippen LogP contribution in [0.3, 0.4) is 0 Å². The third-order valence-electron chi connectivity index (χ3n) is 6.33. The molecule has 160 valence electrons. The number of methoxy groups -OCH3 is 1. The van der Waals surface area contributed by atoms with Crippen molar-refractivity contribution in [1.82, 2.24) is 14.9 Å². The molecule has 2 aromatic heterocycles. The largest absolute Gasteiger partial charge is 0.465 e. The number of likely N-dealkylation sites (tertiary alicyclic amines) is 1. The zero-order valence-corrected chi connectivity index (χ0v) is 18.4. The molecule has 1 aromatic carbocycles. The normalized spacial score (nSPS) is 21.6. The monoisotopic (exact) mass is 415 g/mol. The fourth-order valence-corrected chi connectivity index (χ4v) is 4.76. The number of ether oxygens (including phenoxy) is 1. The smallest absolute Gasteiger partial charge is 0.338 e. The second-order valence-electron chi connectivity index (χ2n) is 8.30. The van der Waals surface area contributed by atoms with Gasteiger partial charge in [-0.05, 0) is 61.1 Å². The standard InChI is InChI=1S/C26H29N3O2/c1-18-9-8-16-28-24(18)25-19(2)13-14-23(22-12-6-7-15-27-22)29(25)17-20-10-4-5-11-21(20)26(30)31-3/h4-12,15-16,19,23,25H,13-14,17H2,1-3H3. The van der Waals surface area contributed by atoms with Crippen LogP contribution in [0, 0.1) is 12.8 Å². The predicted octanol–water partition coefficient (Wildman–Crippen LogP) is 5.29. The number of hydrogen-bond acceptors (Lipinski definition) is 5. The number of nitrogens with zero attached hydrogens (tertiary/aromatic N) is 3. The zero-order chi connectivity index (χ0) is 21.8. The molecule has 0 spiro atoms. The minimum Gasteiger partial charge on any atom is -0.465 e. The van der Waals surface area contributed by atoms with E-state index in [1.54, 1.807) is 0 Å². The van der Waals surface area contributed by atoms with Crippen molar-refractivity contribution >= 4 is 5.97 Å². The first-order chi connectivity index (χ1) is 15.1. The van der Waals surface area contributed by atoms with Gasteiger partial charge in [0.1, 0.15) is 0 Å². The first kappa shape index (κ1) is 21.2. The molecule has 1 aliphatic heterocycles. The van der Waals surface area contributed by atoms with Crippen LogP contribution in [0.2, 0.25) is 0 Å². The predicted molar refractivity (Wildman–Crippen MR) is 120 cm³/mol. The summed E-state index contributed by atoms with van der Waals surface area (Å²) >= 11 is 0. The van der Waals surface area contributed by atoms with E-state index >= 15 is 0 Å². The van der Waals surface area contributed by atoms with Crippen LogP contribution in [0.1, 0.15) is 64.7 Å². The lowest BCUT2D eigenvalue weighted by atomic mass is 9.82. The lowest BCUT2D eigenvalue weighted by Gasteiger charge is -2.45. The second kappa shape index (κ2) is 9.40. The maximum atomic E-state index is 12.4. The Hall–Kier alpha value is -3.05. The summed E-state index contributed by atoms with van der Waals surface area (Å²) in [6.45, 7) is 5.05. The molecule has 3 atom stereocenters. The van der Waals surface area contributed by atoms with Crippen molar-refractivity contribution in [1.29, 1.82) is 0 Å². The van der Waals surface area contributed by atoms with Gasteiger partial charge in [-0.2, -0.15) is 0 Å². The van der Waals surface area contributed by atoms with E-state index in [0.717, 1.165) is 29.8 Å². The lowest BCUT2D eigenvalue weighted by molar-refractivity contribution is 0.0302. The zero-order valence-electron chi connectivity index (χ0n) is 18.4. The third kappa shape index (κ3) is 4.37. The highest BCUT2D eigenvalue weighted by atomic mass is 16.5. The summed E-state index contributed by atoms with van der Waals surface area (Å²) in [6.07, 6.45) is 5.84. The summed E-state index contributed by atoms with van der Waals surface area (Å²) in [4.78, 5) is 24.4. The molecule has 5 heteroatoms. The Bertz CT molecular complexity index is 1040. The first-order valence-electron chi connectivity index (χ1n) is 10.8. The van der Waals surface area contributed by atoms with E-state index in [2.05, 4.69) is 35.9 Å². The van der Waals surface area contributed by atoms with Gasteiger partial charge in [0, 0.05) is 18.9 Å². The van der Waals surface area contributed by atoms with Crippen LogP contribution in [0.25, 0.3) is 0 Å². The van der Waals surface area contributed by atoms with Gasteiger partial charge in [-0.25, -0.2) is 4.79 Å². The van der Waals surface area contributed by atoms with E-state index in [9.17, 15) is 4.79 Å². The Kier molecular flexibility index (Phi) is 6.42. The fourth-order valence-electron chi connectivity index (χ4n) is 4.76. The number of hydrogen-bond donors (Lipinski definition) is 0. The number of aromatic nitrogens is 2. The number of esters is 1. The van der Waals surface area contributed by atoms with Crippen LogP contribution in [-0.2, 0) is 11.3 Å². The molecule has 3 unspecified atom stereocenters. The van der Waals surface area contributed by atoms with Crippen molar-refractivity contribution in [2.75, 3.05) is 7.11 Å². The maximum absolute atomic E-state index is 12.4. The van der Waals surface area contributed by atoms with E-state index in [4.69, 9.17) is 9.72 Å². The van der Waals surface area contributed by atoms with Gasteiger partial charge >= 0.3 is 5.97 Å². The average molecular weight is 416 g/mol. The molecule has 3 aromatic rings. The molecule has 1 aliphatic rings. The van der Waals surface area contributed by atoms with Gasteiger partial charge in [0.2, 0.25) is 0 Å². The molecule has 3 heterocycles. The van der Waals surface area contributed by atoms with Crippen molar-refractivity contribution in [2.45, 2.75) is 45.3 Å². The van der Waals surface area contributed by atoms with E-state index < -0.39 is 0 Å². The summed E-state index contributed by atoms with van der Waals surface area (Å²) in [6, 6.07) is 18.2. The Morgan fingerprint density at radius 2 is 1.81 bits per heavy atom. The molecule has 0 saturated carbocycles. The van der Waals surface area contributed by atoms with Gasteiger partial charge in [0.05, 0.1) is 36.1 Å². The van der Waals surface area contributed by atoms with Gasteiger partial charge < -0.3 is 4.74 Å². The molecule has 4 rings (SSSR count). The van der Waals surface area contributed by atoms with Crippen molar-refractivity contribution < 1.29 is 9.53 Å². The minimum absolute atomic E-state index is 0.132. The van der Waals surface area contributed by atoms with Crippen molar-refractivity contribution in [3.63, 3.8) is 0 Å². The molecule has 31 heavy (non-hydrogen) atoms. The summed E-state index contributed by atoms with van der Waals surface area (Å²) in [5.41, 5.74) is 4.92. The van der Waals surface area contributed by atoms with E-state index in [1.807, 2.05) is 54.9 Å². The fraction of sp³-hybridized carbons (Fsp3) is 0.346. The SMILES string of the molecule is COC(=O)c1ccccc1CN1C(c2ccccn2)CCC(C)C1c1ncccc1C. The van der Waals surface area contributed by atoms with E-state index in [-0.39, 0.29) is 18.1 Å². The number of pyridine rings is 2. The Labute approximate surface area is 184 Å². The van der Waals surface area contributed by atoms with E-state index in [0.29, 0.717) is 18.0 Å². The van der Waals surface area contributed by atoms with Gasteiger partial charge in [0.15, 0.2) is 0 Å². The summed E-state index contributed by atoms with van der Waals surface area (Å²) < 4.78 is 5.05. The number of rotatable bonds is 5. The Morgan fingerprint density at radius 3 is 2.55 bits per heavy atom. The van der Waals surface area contributed by atoms with Gasteiger partial charge in [-0.3, -0.25) is 14.9 Å². The lowest BCUT2D eigenvalue weighted by Crippen LogP contribution is -2.41. The molecule has 0 aliphatic carbocycles. The Morgan fingerprint density at radius 1 is 1.03 bits per heavy atom. The van der Waals surface area contributed by atoms with Crippen LogP contribution < -0.4 is 0 Å². The molecule has 1 saturated heterocycles. The number of benzene rings is 1. The number of carbonyl (C=O) groups is 1. The highest BCUT2D eigenvalue weighted by Gasteiger charge is 2.39. The first-order valence-corrected chi connectivity index (χ1v) is 10.8. The molecule has 0 radical (unpaired) electrons. The Balaban J connectivity index is 1.81. The van der Waals surface area contributed by atoms with Crippen LogP contribution in [0.4, 0.5) is 0 Å². The molecular weight excluding hydrogens is 386 g/mol. The summed E-state index contributed by atoms with van der Waals surface area (Å²) in [5.74, 6) is 0.125. The molecule has 1 fully saturated rings. The molecule has 0 amide bonds. The third-order valence-corrected chi connectivity index (χ3v) is 6.33. The highest BCUT2D eigenvalue weighted by Crippen LogP contribution is 2.45. The van der Waals surface area contributed by atoms with Crippen molar-refractivity contribution in [3.8, 4) is 0 Å². The number of aryl methyl sites for hydroxylation is 1. The van der Waals surface area contributed by atoms with Crippen molar-refractivity contribution in [3.05, 3.63) is 95.1 Å². The quantitative estimate of drug-likeness (QED) is 0.530. The average Bonchev–Trinajstić information content (AvgIpc) is 2.80. The van der Waals surface area contributed by atoms with Crippen LogP contribution in [0.15, 0.2) is 67.0 Å².